The first-order chi connectivity index (χ1) is 12.7. The molecule has 0 spiro atoms. The summed E-state index contributed by atoms with van der Waals surface area (Å²) in [6, 6.07) is 9.38. The van der Waals surface area contributed by atoms with Gasteiger partial charge in [-0.05, 0) is 29.6 Å². The predicted molar refractivity (Wildman–Crippen MR) is 115 cm³/mol. The Balaban J connectivity index is 0.00000210. The van der Waals surface area contributed by atoms with E-state index in [9.17, 15) is 4.79 Å². The molecular formula is C18H19Cl2N3O2S2. The lowest BCUT2D eigenvalue weighted by Gasteiger charge is -2.29. The Morgan fingerprint density at radius 2 is 2.11 bits per heavy atom. The van der Waals surface area contributed by atoms with Gasteiger partial charge in [-0.1, -0.05) is 29.0 Å². The van der Waals surface area contributed by atoms with Crippen LogP contribution in [0.1, 0.15) is 9.67 Å². The minimum absolute atomic E-state index is 0. The van der Waals surface area contributed by atoms with Gasteiger partial charge < -0.3 is 4.74 Å². The number of anilines is 1. The maximum absolute atomic E-state index is 13.1. The van der Waals surface area contributed by atoms with E-state index in [-0.39, 0.29) is 18.3 Å². The van der Waals surface area contributed by atoms with Gasteiger partial charge >= 0.3 is 0 Å². The largest absolute Gasteiger partial charge is 0.379 e. The molecule has 3 aromatic rings. The molecule has 3 heterocycles. The Kier molecular flexibility index (Phi) is 7.08. The highest BCUT2D eigenvalue weighted by Gasteiger charge is 2.23. The Hall–Kier alpha value is -1.22. The molecule has 0 bridgehead atoms. The van der Waals surface area contributed by atoms with Crippen molar-refractivity contribution in [3.05, 3.63) is 45.6 Å². The summed E-state index contributed by atoms with van der Waals surface area (Å²) >= 11 is 9.05. The maximum Gasteiger partial charge on any atom is 0.270 e. The molecule has 1 saturated heterocycles. The molecule has 5 nitrogen and oxygen atoms in total. The zero-order valence-electron chi connectivity index (χ0n) is 14.5. The number of thiazole rings is 1. The number of halogens is 2. The topological polar surface area (TPSA) is 45.7 Å². The number of nitrogens with zero attached hydrogens (tertiary/aromatic N) is 3. The first-order valence-electron chi connectivity index (χ1n) is 8.42. The fourth-order valence-corrected chi connectivity index (χ4v) is 4.82. The van der Waals surface area contributed by atoms with Crippen LogP contribution in [0, 0.1) is 0 Å². The summed E-state index contributed by atoms with van der Waals surface area (Å²) in [5.41, 5.74) is 0.866. The minimum Gasteiger partial charge on any atom is -0.379 e. The zero-order valence-corrected chi connectivity index (χ0v) is 17.7. The van der Waals surface area contributed by atoms with Gasteiger partial charge in [0.15, 0.2) is 5.13 Å². The SMILES string of the molecule is Cl.O=C(c1cccs1)N(CCN1CCOCC1)c1nc2ccc(Cl)cc2s1. The number of carbonyl (C=O) groups is 1. The maximum atomic E-state index is 13.1. The molecule has 0 radical (unpaired) electrons. The molecule has 2 aromatic heterocycles. The van der Waals surface area contributed by atoms with Crippen molar-refractivity contribution >= 4 is 67.9 Å². The lowest BCUT2D eigenvalue weighted by molar-refractivity contribution is 0.0391. The molecule has 0 atom stereocenters. The minimum atomic E-state index is -0.00147. The summed E-state index contributed by atoms with van der Waals surface area (Å²) in [5, 5.41) is 3.32. The van der Waals surface area contributed by atoms with Crippen LogP contribution in [0.3, 0.4) is 0 Å². The van der Waals surface area contributed by atoms with Crippen LogP contribution >= 0.6 is 46.7 Å². The molecule has 27 heavy (non-hydrogen) atoms. The average molecular weight is 444 g/mol. The van der Waals surface area contributed by atoms with Crippen molar-refractivity contribution in [3.8, 4) is 0 Å². The van der Waals surface area contributed by atoms with Crippen molar-refractivity contribution in [1.82, 2.24) is 9.88 Å². The Labute approximate surface area is 176 Å². The third kappa shape index (κ3) is 4.80. The van der Waals surface area contributed by atoms with Crippen molar-refractivity contribution in [3.63, 3.8) is 0 Å². The molecule has 4 rings (SSSR count). The third-order valence-corrected chi connectivity index (χ3v) is 6.42. The second kappa shape index (κ2) is 9.32. The van der Waals surface area contributed by atoms with E-state index in [1.807, 2.05) is 35.7 Å². The molecule has 9 heteroatoms. The van der Waals surface area contributed by atoms with Gasteiger partial charge in [0.25, 0.3) is 5.91 Å². The van der Waals surface area contributed by atoms with Crippen molar-refractivity contribution in [1.29, 1.82) is 0 Å². The van der Waals surface area contributed by atoms with Gasteiger partial charge in [0, 0.05) is 31.2 Å². The molecule has 0 N–H and O–H groups in total. The summed E-state index contributed by atoms with van der Waals surface area (Å²) in [4.78, 5) is 22.6. The van der Waals surface area contributed by atoms with Crippen molar-refractivity contribution in [2.24, 2.45) is 0 Å². The number of rotatable bonds is 5. The van der Waals surface area contributed by atoms with E-state index in [4.69, 9.17) is 16.3 Å². The van der Waals surface area contributed by atoms with Crippen LogP contribution in [0.2, 0.25) is 5.02 Å². The summed E-state index contributed by atoms with van der Waals surface area (Å²) in [6.07, 6.45) is 0. The quantitative estimate of drug-likeness (QED) is 0.585. The molecule has 0 aliphatic carbocycles. The average Bonchev–Trinajstić information content (AvgIpc) is 3.32. The van der Waals surface area contributed by atoms with Crippen LogP contribution in [0.15, 0.2) is 35.7 Å². The third-order valence-electron chi connectivity index (χ3n) is 4.29. The molecule has 0 saturated carbocycles. The predicted octanol–water partition coefficient (Wildman–Crippen LogP) is 4.41. The van der Waals surface area contributed by atoms with E-state index in [2.05, 4.69) is 9.88 Å². The van der Waals surface area contributed by atoms with E-state index < -0.39 is 0 Å². The molecular weight excluding hydrogens is 425 g/mol. The summed E-state index contributed by atoms with van der Waals surface area (Å²) in [5.74, 6) is -0.00147. The standard InChI is InChI=1S/C18H18ClN3O2S2.ClH/c19-13-3-4-14-16(12-13)26-18(20-14)22(17(23)15-2-1-11-25-15)6-5-21-7-9-24-10-8-21;/h1-4,11-12H,5-10H2;1H. The van der Waals surface area contributed by atoms with Crippen molar-refractivity contribution in [2.75, 3.05) is 44.3 Å². The van der Waals surface area contributed by atoms with E-state index in [0.717, 1.165) is 47.9 Å². The van der Waals surface area contributed by atoms with E-state index >= 15 is 0 Å². The number of hydrogen-bond donors (Lipinski definition) is 0. The van der Waals surface area contributed by atoms with Gasteiger partial charge in [-0.15, -0.1) is 23.7 Å². The van der Waals surface area contributed by atoms with Crippen LogP contribution in [0.5, 0.6) is 0 Å². The van der Waals surface area contributed by atoms with E-state index in [0.29, 0.717) is 16.7 Å². The fraction of sp³-hybridized carbons (Fsp3) is 0.333. The fourth-order valence-electron chi connectivity index (χ4n) is 2.89. The number of fused-ring (bicyclic) bond motifs is 1. The lowest BCUT2D eigenvalue weighted by atomic mass is 10.3. The second-order valence-corrected chi connectivity index (χ2v) is 8.39. The molecule has 1 fully saturated rings. The van der Waals surface area contributed by atoms with Crippen LogP contribution in [-0.4, -0.2) is 55.2 Å². The van der Waals surface area contributed by atoms with Crippen LogP contribution < -0.4 is 4.90 Å². The van der Waals surface area contributed by atoms with Gasteiger partial charge in [0.1, 0.15) is 0 Å². The second-order valence-electron chi connectivity index (χ2n) is 6.00. The van der Waals surface area contributed by atoms with Crippen LogP contribution in [0.25, 0.3) is 10.2 Å². The van der Waals surface area contributed by atoms with Gasteiger partial charge in [0.05, 0.1) is 28.3 Å². The number of hydrogen-bond acceptors (Lipinski definition) is 6. The highest BCUT2D eigenvalue weighted by atomic mass is 35.5. The number of morpholine rings is 1. The summed E-state index contributed by atoms with van der Waals surface area (Å²) < 4.78 is 6.39. The molecule has 1 aliphatic rings. The summed E-state index contributed by atoms with van der Waals surface area (Å²) in [7, 11) is 0. The zero-order chi connectivity index (χ0) is 17.9. The number of aromatic nitrogens is 1. The first-order valence-corrected chi connectivity index (χ1v) is 10.5. The van der Waals surface area contributed by atoms with Crippen molar-refractivity contribution in [2.45, 2.75) is 0 Å². The molecule has 0 unspecified atom stereocenters. The Bertz CT molecular complexity index is 895. The highest BCUT2D eigenvalue weighted by molar-refractivity contribution is 7.22. The number of ether oxygens (including phenoxy) is 1. The number of amides is 1. The lowest BCUT2D eigenvalue weighted by Crippen LogP contribution is -2.43. The van der Waals surface area contributed by atoms with Crippen molar-refractivity contribution < 1.29 is 9.53 Å². The smallest absolute Gasteiger partial charge is 0.270 e. The van der Waals surface area contributed by atoms with Crippen LogP contribution in [-0.2, 0) is 4.74 Å². The number of carbonyl (C=O) groups excluding carboxylic acids is 1. The highest BCUT2D eigenvalue weighted by Crippen LogP contribution is 2.32. The van der Waals surface area contributed by atoms with Gasteiger partial charge in [-0.25, -0.2) is 4.98 Å². The molecule has 1 aliphatic heterocycles. The molecule has 1 aromatic carbocycles. The van der Waals surface area contributed by atoms with Gasteiger partial charge in [0.2, 0.25) is 0 Å². The van der Waals surface area contributed by atoms with E-state index in [1.54, 1.807) is 4.90 Å². The van der Waals surface area contributed by atoms with Gasteiger partial charge in [-0.2, -0.15) is 0 Å². The normalized spacial score (nSPS) is 14.9. The number of benzene rings is 1. The van der Waals surface area contributed by atoms with Crippen LogP contribution in [0.4, 0.5) is 5.13 Å². The molecule has 144 valence electrons. The monoisotopic (exact) mass is 443 g/mol. The summed E-state index contributed by atoms with van der Waals surface area (Å²) in [6.45, 7) is 4.70. The Morgan fingerprint density at radius 3 is 2.85 bits per heavy atom. The van der Waals surface area contributed by atoms with E-state index in [1.165, 1.54) is 22.7 Å². The number of thiophene rings is 1. The molecule has 1 amide bonds. The Morgan fingerprint density at radius 1 is 1.30 bits per heavy atom. The first kappa shape index (κ1) is 20.5. The van der Waals surface area contributed by atoms with Gasteiger partial charge in [-0.3, -0.25) is 14.6 Å².